The van der Waals surface area contributed by atoms with Gasteiger partial charge in [0.05, 0.1) is 22.4 Å². The third kappa shape index (κ3) is 4.58. The van der Waals surface area contributed by atoms with Gasteiger partial charge in [-0.15, -0.1) is 0 Å². The number of nitrogens with zero attached hydrogens (tertiary/aromatic N) is 2. The van der Waals surface area contributed by atoms with Crippen molar-refractivity contribution in [3.8, 4) is 0 Å². The van der Waals surface area contributed by atoms with Crippen molar-refractivity contribution in [3.63, 3.8) is 0 Å². The summed E-state index contributed by atoms with van der Waals surface area (Å²) in [6, 6.07) is 2.36. The number of pyridine rings is 1. The van der Waals surface area contributed by atoms with Gasteiger partial charge in [0.25, 0.3) is 0 Å². The molecular weight excluding hydrogens is 389 g/mol. The first-order chi connectivity index (χ1) is 14.3. The molecule has 0 spiro atoms. The summed E-state index contributed by atoms with van der Waals surface area (Å²) in [6.45, 7) is 4.16. The fraction of sp³-hybridized carbons (Fsp3) is 0.625. The molecule has 0 bridgehead atoms. The standard InChI is InChI=1S/C24H31F3N2O/c1-17(16-23(30)12-4-5-13-23)7-2-3-10-20-22(18-8-6-9-18)21-15-19(24(25,26)27)11-14-29(21)28-20/h11,14-15,18,30H,1-10,12-13,16H2. The number of fused-ring (bicyclic) bond motifs is 1. The Morgan fingerprint density at radius 3 is 2.57 bits per heavy atom. The van der Waals surface area contributed by atoms with E-state index < -0.39 is 17.3 Å². The SMILES string of the molecule is C=C(CCCCc1nn2ccc(C(F)(F)F)cc2c1C1CCC1)CC1(O)CCCC1. The van der Waals surface area contributed by atoms with Crippen molar-refractivity contribution in [2.24, 2.45) is 0 Å². The summed E-state index contributed by atoms with van der Waals surface area (Å²) in [5, 5.41) is 15.2. The summed E-state index contributed by atoms with van der Waals surface area (Å²) in [4.78, 5) is 0. The van der Waals surface area contributed by atoms with E-state index in [9.17, 15) is 18.3 Å². The van der Waals surface area contributed by atoms with E-state index in [2.05, 4.69) is 11.7 Å². The van der Waals surface area contributed by atoms with Gasteiger partial charge in [-0.25, -0.2) is 4.52 Å². The quantitative estimate of drug-likeness (QED) is 0.387. The van der Waals surface area contributed by atoms with E-state index in [1.54, 1.807) is 4.52 Å². The Morgan fingerprint density at radius 1 is 1.20 bits per heavy atom. The highest BCUT2D eigenvalue weighted by Crippen LogP contribution is 2.42. The van der Waals surface area contributed by atoms with Crippen LogP contribution in [-0.4, -0.2) is 20.3 Å². The maximum absolute atomic E-state index is 13.2. The Balaban J connectivity index is 1.41. The minimum atomic E-state index is -4.34. The number of halogens is 3. The third-order valence-electron chi connectivity index (χ3n) is 6.90. The lowest BCUT2D eigenvalue weighted by Crippen LogP contribution is -2.24. The molecule has 2 aromatic rings. The van der Waals surface area contributed by atoms with Crippen LogP contribution < -0.4 is 0 Å². The molecular formula is C24H31F3N2O. The van der Waals surface area contributed by atoms with Gasteiger partial charge in [-0.3, -0.25) is 0 Å². The highest BCUT2D eigenvalue weighted by atomic mass is 19.4. The van der Waals surface area contributed by atoms with E-state index in [1.807, 2.05) is 0 Å². The van der Waals surface area contributed by atoms with E-state index >= 15 is 0 Å². The molecule has 164 valence electrons. The topological polar surface area (TPSA) is 37.5 Å². The third-order valence-corrected chi connectivity index (χ3v) is 6.90. The molecule has 2 saturated carbocycles. The van der Waals surface area contributed by atoms with Gasteiger partial charge in [0, 0.05) is 11.8 Å². The lowest BCUT2D eigenvalue weighted by atomic mass is 9.78. The van der Waals surface area contributed by atoms with Crippen molar-refractivity contribution in [1.29, 1.82) is 0 Å². The van der Waals surface area contributed by atoms with Gasteiger partial charge in [0.1, 0.15) is 0 Å². The first-order valence-corrected chi connectivity index (χ1v) is 11.2. The van der Waals surface area contributed by atoms with E-state index in [0.29, 0.717) is 17.9 Å². The van der Waals surface area contributed by atoms with Crippen LogP contribution in [-0.2, 0) is 12.6 Å². The molecule has 2 heterocycles. The number of hydrogen-bond donors (Lipinski definition) is 1. The van der Waals surface area contributed by atoms with Crippen molar-refractivity contribution >= 4 is 5.52 Å². The van der Waals surface area contributed by atoms with Crippen LogP contribution >= 0.6 is 0 Å². The number of alkyl halides is 3. The van der Waals surface area contributed by atoms with Gasteiger partial charge in [0.2, 0.25) is 0 Å². The van der Waals surface area contributed by atoms with Gasteiger partial charge in [-0.1, -0.05) is 31.4 Å². The Labute approximate surface area is 176 Å². The normalized spacial score (nSPS) is 19.3. The summed E-state index contributed by atoms with van der Waals surface area (Å²) in [5.41, 5.74) is 2.52. The second-order valence-electron chi connectivity index (χ2n) is 9.30. The molecule has 0 aromatic carbocycles. The number of aromatic nitrogens is 2. The molecule has 0 aliphatic heterocycles. The Morgan fingerprint density at radius 2 is 1.93 bits per heavy atom. The van der Waals surface area contributed by atoms with Crippen LogP contribution in [0.5, 0.6) is 0 Å². The smallest absolute Gasteiger partial charge is 0.390 e. The van der Waals surface area contributed by atoms with Gasteiger partial charge in [0.15, 0.2) is 0 Å². The fourth-order valence-electron chi connectivity index (χ4n) is 5.05. The van der Waals surface area contributed by atoms with Crippen molar-refractivity contribution in [3.05, 3.63) is 47.3 Å². The Bertz CT molecular complexity index is 905. The van der Waals surface area contributed by atoms with Crippen LogP contribution in [0, 0.1) is 0 Å². The van der Waals surface area contributed by atoms with Crippen LogP contribution in [0.1, 0.15) is 93.4 Å². The molecule has 2 aliphatic carbocycles. The first kappa shape index (κ1) is 21.4. The van der Waals surface area contributed by atoms with Gasteiger partial charge in [-0.2, -0.15) is 18.3 Å². The minimum Gasteiger partial charge on any atom is -0.390 e. The fourth-order valence-corrected chi connectivity index (χ4v) is 5.05. The molecule has 2 aliphatic rings. The van der Waals surface area contributed by atoms with E-state index in [1.165, 1.54) is 12.3 Å². The number of unbranched alkanes of at least 4 members (excludes halogenated alkanes) is 1. The van der Waals surface area contributed by atoms with Gasteiger partial charge >= 0.3 is 6.18 Å². The molecule has 0 radical (unpaired) electrons. The van der Waals surface area contributed by atoms with Gasteiger partial charge in [-0.05, 0) is 75.8 Å². The zero-order valence-corrected chi connectivity index (χ0v) is 17.5. The molecule has 1 N–H and O–H groups in total. The summed E-state index contributed by atoms with van der Waals surface area (Å²) in [5.74, 6) is 0.326. The second-order valence-corrected chi connectivity index (χ2v) is 9.30. The highest BCUT2D eigenvalue weighted by Gasteiger charge is 2.33. The second kappa shape index (κ2) is 8.37. The maximum Gasteiger partial charge on any atom is 0.416 e. The van der Waals surface area contributed by atoms with Crippen LogP contribution in [0.4, 0.5) is 13.2 Å². The zero-order chi connectivity index (χ0) is 21.4. The van der Waals surface area contributed by atoms with E-state index in [-0.39, 0.29) is 0 Å². The minimum absolute atomic E-state index is 0.326. The number of aliphatic hydroxyl groups is 1. The lowest BCUT2D eigenvalue weighted by molar-refractivity contribution is -0.137. The predicted molar refractivity (Wildman–Crippen MR) is 112 cm³/mol. The molecule has 6 heteroatoms. The Hall–Kier alpha value is -1.82. The molecule has 0 saturated heterocycles. The summed E-state index contributed by atoms with van der Waals surface area (Å²) >= 11 is 0. The monoisotopic (exact) mass is 420 g/mol. The van der Waals surface area contributed by atoms with Crippen LogP contribution in [0.15, 0.2) is 30.5 Å². The molecule has 30 heavy (non-hydrogen) atoms. The molecule has 3 nitrogen and oxygen atoms in total. The molecule has 2 fully saturated rings. The average Bonchev–Trinajstić information content (AvgIpc) is 3.20. The first-order valence-electron chi connectivity index (χ1n) is 11.2. The van der Waals surface area contributed by atoms with E-state index in [0.717, 1.165) is 93.5 Å². The van der Waals surface area contributed by atoms with Crippen LogP contribution in [0.3, 0.4) is 0 Å². The van der Waals surface area contributed by atoms with Gasteiger partial charge < -0.3 is 5.11 Å². The van der Waals surface area contributed by atoms with Crippen molar-refractivity contribution in [1.82, 2.24) is 9.61 Å². The number of hydrogen-bond acceptors (Lipinski definition) is 2. The van der Waals surface area contributed by atoms with Crippen LogP contribution in [0.2, 0.25) is 0 Å². The zero-order valence-electron chi connectivity index (χ0n) is 17.5. The molecule has 2 aromatic heterocycles. The summed E-state index contributed by atoms with van der Waals surface area (Å²) in [6.07, 6.45) is 8.44. The maximum atomic E-state index is 13.2. The largest absolute Gasteiger partial charge is 0.416 e. The van der Waals surface area contributed by atoms with Crippen LogP contribution in [0.25, 0.3) is 5.52 Å². The summed E-state index contributed by atoms with van der Waals surface area (Å²) in [7, 11) is 0. The molecule has 4 rings (SSSR count). The molecule has 0 amide bonds. The highest BCUT2D eigenvalue weighted by molar-refractivity contribution is 5.60. The van der Waals surface area contributed by atoms with Crippen molar-refractivity contribution in [2.45, 2.75) is 94.7 Å². The van der Waals surface area contributed by atoms with Crippen molar-refractivity contribution in [2.75, 3.05) is 0 Å². The lowest BCUT2D eigenvalue weighted by Gasteiger charge is -2.26. The number of rotatable bonds is 8. The van der Waals surface area contributed by atoms with Crippen molar-refractivity contribution < 1.29 is 18.3 Å². The Kier molecular flexibility index (Phi) is 5.97. The predicted octanol–water partition coefficient (Wildman–Crippen LogP) is 6.58. The van der Waals surface area contributed by atoms with E-state index in [4.69, 9.17) is 0 Å². The summed E-state index contributed by atoms with van der Waals surface area (Å²) < 4.78 is 41.2. The molecule has 0 atom stereocenters. The average molecular weight is 421 g/mol. The molecule has 0 unspecified atom stereocenters. The number of aryl methyl sites for hydroxylation is 1.